The number of aliphatic hydroxyl groups is 1. The summed E-state index contributed by atoms with van der Waals surface area (Å²) in [7, 11) is 1.57. The highest BCUT2D eigenvalue weighted by Gasteiger charge is 2.26. The average molecular weight is 391 g/mol. The van der Waals surface area contributed by atoms with Crippen LogP contribution in [0.5, 0.6) is 0 Å². The molecule has 2 aromatic heterocycles. The van der Waals surface area contributed by atoms with Crippen LogP contribution in [-0.2, 0) is 5.60 Å². The van der Waals surface area contributed by atoms with Gasteiger partial charge in [-0.15, -0.1) is 0 Å². The maximum atomic E-state index is 13.1. The molecule has 148 valence electrons. The first-order chi connectivity index (χ1) is 13.7. The van der Waals surface area contributed by atoms with Crippen LogP contribution in [0.1, 0.15) is 35.6 Å². The van der Waals surface area contributed by atoms with Gasteiger partial charge in [-0.3, -0.25) is 9.69 Å². The molecule has 2 heterocycles. The van der Waals surface area contributed by atoms with E-state index >= 15 is 0 Å². The number of anilines is 1. The summed E-state index contributed by atoms with van der Waals surface area (Å²) in [6.45, 7) is 4.98. The molecule has 4 rings (SSSR count). The normalized spacial score (nSPS) is 11.9. The molecule has 2 aromatic carbocycles. The highest BCUT2D eigenvalue weighted by atomic mass is 16.5. The molecule has 29 heavy (non-hydrogen) atoms. The molecular weight excluding hydrogens is 370 g/mol. The van der Waals surface area contributed by atoms with Crippen molar-refractivity contribution in [3.05, 3.63) is 70.7 Å². The maximum absolute atomic E-state index is 13.1. The van der Waals surface area contributed by atoms with Crippen molar-refractivity contribution in [2.75, 3.05) is 11.9 Å². The Hall–Kier alpha value is -3.45. The summed E-state index contributed by atoms with van der Waals surface area (Å²) in [5, 5.41) is 23.5. The third-order valence-corrected chi connectivity index (χ3v) is 5.03. The molecule has 0 aliphatic rings. The molecule has 0 saturated carbocycles. The summed E-state index contributed by atoms with van der Waals surface area (Å²) < 4.78 is 6.53. The standard InChI is InChI=1S/C22H21N3O4/c1-13-20(23-16-7-5-6-8-17(16)25(13)28)21(26)24(4)19-12-14-11-15(22(2,3)27)9-10-18(14)29-19/h5-12,27H,1-4H3. The molecule has 0 atom stereocenters. The van der Waals surface area contributed by atoms with E-state index in [4.69, 9.17) is 4.42 Å². The van der Waals surface area contributed by atoms with Gasteiger partial charge in [-0.25, -0.2) is 4.98 Å². The molecule has 0 bridgehead atoms. The summed E-state index contributed by atoms with van der Waals surface area (Å²) in [6, 6.07) is 14.0. The van der Waals surface area contributed by atoms with E-state index in [1.807, 2.05) is 6.07 Å². The number of nitrogens with zero attached hydrogens (tertiary/aromatic N) is 3. The van der Waals surface area contributed by atoms with Gasteiger partial charge in [0.2, 0.25) is 17.1 Å². The first-order valence-corrected chi connectivity index (χ1v) is 9.20. The molecule has 0 aliphatic carbocycles. The number of aromatic nitrogens is 2. The highest BCUT2D eigenvalue weighted by molar-refractivity contribution is 6.05. The highest BCUT2D eigenvalue weighted by Crippen LogP contribution is 2.30. The Balaban J connectivity index is 1.75. The predicted octanol–water partition coefficient (Wildman–Crippen LogP) is 3.43. The molecule has 0 unspecified atom stereocenters. The van der Waals surface area contributed by atoms with E-state index in [2.05, 4.69) is 4.98 Å². The van der Waals surface area contributed by atoms with E-state index in [9.17, 15) is 15.1 Å². The smallest absolute Gasteiger partial charge is 0.285 e. The zero-order valence-electron chi connectivity index (χ0n) is 16.6. The van der Waals surface area contributed by atoms with Gasteiger partial charge >= 0.3 is 0 Å². The van der Waals surface area contributed by atoms with E-state index in [0.29, 0.717) is 22.5 Å². The zero-order chi connectivity index (χ0) is 20.9. The third-order valence-electron chi connectivity index (χ3n) is 5.03. The summed E-state index contributed by atoms with van der Waals surface area (Å²) in [6.07, 6.45) is 0. The minimum atomic E-state index is -0.985. The van der Waals surface area contributed by atoms with Gasteiger partial charge in [0.15, 0.2) is 5.69 Å². The molecule has 7 heteroatoms. The lowest BCUT2D eigenvalue weighted by atomic mass is 9.97. The van der Waals surface area contributed by atoms with Crippen molar-refractivity contribution < 1.29 is 19.0 Å². The van der Waals surface area contributed by atoms with E-state index in [1.54, 1.807) is 70.3 Å². The van der Waals surface area contributed by atoms with Crippen LogP contribution in [0.4, 0.5) is 5.88 Å². The lowest BCUT2D eigenvalue weighted by molar-refractivity contribution is -0.584. The average Bonchev–Trinajstić information content (AvgIpc) is 3.12. The number of carbonyl (C=O) groups is 1. The van der Waals surface area contributed by atoms with Gasteiger partial charge in [0.1, 0.15) is 11.1 Å². The fraction of sp³-hybridized carbons (Fsp3) is 0.227. The van der Waals surface area contributed by atoms with Gasteiger partial charge < -0.3 is 14.7 Å². The minimum absolute atomic E-state index is 0.0684. The van der Waals surface area contributed by atoms with E-state index in [1.165, 1.54) is 4.90 Å². The van der Waals surface area contributed by atoms with Crippen molar-refractivity contribution in [2.45, 2.75) is 26.4 Å². The Bertz CT molecular complexity index is 1250. The van der Waals surface area contributed by atoms with Crippen LogP contribution in [0.25, 0.3) is 22.0 Å². The summed E-state index contributed by atoms with van der Waals surface area (Å²) >= 11 is 0. The summed E-state index contributed by atoms with van der Waals surface area (Å²) in [4.78, 5) is 18.8. The second kappa shape index (κ2) is 6.56. The first kappa shape index (κ1) is 18.9. The van der Waals surface area contributed by atoms with Crippen LogP contribution in [0, 0.1) is 12.1 Å². The van der Waals surface area contributed by atoms with Gasteiger partial charge in [0.25, 0.3) is 5.91 Å². The summed E-state index contributed by atoms with van der Waals surface area (Å²) in [5.41, 5.74) is 1.50. The number of para-hydroxylation sites is 2. The topological polar surface area (TPSA) is 93.5 Å². The number of amides is 1. The quantitative estimate of drug-likeness (QED) is 0.427. The second-order valence-electron chi connectivity index (χ2n) is 7.59. The van der Waals surface area contributed by atoms with E-state index in [-0.39, 0.29) is 11.4 Å². The summed E-state index contributed by atoms with van der Waals surface area (Å²) in [5.74, 6) is -0.121. The number of fused-ring (bicyclic) bond motifs is 2. The maximum Gasteiger partial charge on any atom is 0.285 e. The number of hydrogen-bond acceptors (Lipinski definition) is 5. The monoisotopic (exact) mass is 391 g/mol. The van der Waals surface area contributed by atoms with Crippen molar-refractivity contribution >= 4 is 33.8 Å². The van der Waals surface area contributed by atoms with E-state index < -0.39 is 11.5 Å². The molecule has 1 N–H and O–H groups in total. The van der Waals surface area contributed by atoms with Crippen LogP contribution in [0.2, 0.25) is 0 Å². The number of carbonyl (C=O) groups excluding carboxylic acids is 1. The fourth-order valence-electron chi connectivity index (χ4n) is 3.25. The molecular formula is C22H21N3O4. The van der Waals surface area contributed by atoms with E-state index in [0.717, 1.165) is 15.7 Å². The molecule has 0 spiro atoms. The third kappa shape index (κ3) is 3.19. The van der Waals surface area contributed by atoms with Gasteiger partial charge in [0.05, 0.1) is 5.60 Å². The molecule has 7 nitrogen and oxygen atoms in total. The lowest BCUT2D eigenvalue weighted by Gasteiger charge is -2.17. The van der Waals surface area contributed by atoms with Crippen LogP contribution in [-0.4, -0.2) is 23.0 Å². The number of rotatable bonds is 3. The predicted molar refractivity (Wildman–Crippen MR) is 110 cm³/mol. The van der Waals surface area contributed by atoms with Gasteiger partial charge in [-0.1, -0.05) is 18.2 Å². The Labute approximate surface area is 167 Å². The van der Waals surface area contributed by atoms with Crippen molar-refractivity contribution in [3.8, 4) is 0 Å². The molecule has 1 amide bonds. The Morgan fingerprint density at radius 1 is 1.21 bits per heavy atom. The Morgan fingerprint density at radius 3 is 2.66 bits per heavy atom. The molecule has 0 radical (unpaired) electrons. The van der Waals surface area contributed by atoms with Gasteiger partial charge in [-0.2, -0.15) is 4.73 Å². The molecule has 4 aromatic rings. The number of furan rings is 1. The molecule has 0 aliphatic heterocycles. The Kier molecular flexibility index (Phi) is 4.28. The van der Waals surface area contributed by atoms with Crippen LogP contribution in [0.15, 0.2) is 52.9 Å². The molecule has 0 fully saturated rings. The van der Waals surface area contributed by atoms with Crippen LogP contribution >= 0.6 is 0 Å². The van der Waals surface area contributed by atoms with Crippen LogP contribution < -0.4 is 9.63 Å². The van der Waals surface area contributed by atoms with Gasteiger partial charge in [-0.05, 0) is 37.6 Å². The SMILES string of the molecule is Cc1c(C(=O)N(C)c2cc3cc(C(C)(C)O)ccc3o2)nc2ccccc2[n+]1[O-]. The van der Waals surface area contributed by atoms with Crippen molar-refractivity contribution in [2.24, 2.45) is 0 Å². The minimum Gasteiger partial charge on any atom is -0.618 e. The molecule has 0 saturated heterocycles. The largest absolute Gasteiger partial charge is 0.618 e. The first-order valence-electron chi connectivity index (χ1n) is 9.20. The van der Waals surface area contributed by atoms with Crippen molar-refractivity contribution in [1.29, 1.82) is 0 Å². The van der Waals surface area contributed by atoms with Crippen LogP contribution in [0.3, 0.4) is 0 Å². The van der Waals surface area contributed by atoms with Gasteiger partial charge in [0, 0.05) is 31.5 Å². The lowest BCUT2D eigenvalue weighted by Crippen LogP contribution is -2.37. The fourth-order valence-corrected chi connectivity index (χ4v) is 3.25. The number of benzene rings is 2. The Morgan fingerprint density at radius 2 is 1.93 bits per heavy atom. The van der Waals surface area contributed by atoms with Crippen molar-refractivity contribution in [1.82, 2.24) is 4.98 Å². The van der Waals surface area contributed by atoms with Crippen molar-refractivity contribution in [3.63, 3.8) is 0 Å². The number of hydrogen-bond donors (Lipinski definition) is 1. The second-order valence-corrected chi connectivity index (χ2v) is 7.59. The zero-order valence-corrected chi connectivity index (χ0v) is 16.6.